The summed E-state index contributed by atoms with van der Waals surface area (Å²) < 4.78 is 0. The van der Waals surface area contributed by atoms with Crippen LogP contribution in [0.3, 0.4) is 0 Å². The first-order valence-electron chi connectivity index (χ1n) is 12.1. The minimum atomic E-state index is 0. The number of hydrogen-bond acceptors (Lipinski definition) is 0. The van der Waals surface area contributed by atoms with Gasteiger partial charge >= 0.3 is 0 Å². The summed E-state index contributed by atoms with van der Waals surface area (Å²) in [5.74, 6) is 13.9. The van der Waals surface area contributed by atoms with E-state index in [0.29, 0.717) is 11.8 Å². The molecular formula is C26H41Y-. The van der Waals surface area contributed by atoms with Crippen molar-refractivity contribution >= 4 is 0 Å². The molecule has 0 heterocycles. The van der Waals surface area contributed by atoms with Crippen LogP contribution in [0.2, 0.25) is 0 Å². The van der Waals surface area contributed by atoms with Gasteiger partial charge in [-0.25, -0.2) is 0 Å². The molecule has 0 aromatic heterocycles. The zero-order valence-electron chi connectivity index (χ0n) is 17.8. The smallest absolute Gasteiger partial charge is 0.0202 e. The third kappa shape index (κ3) is 6.32. The molecule has 4 saturated carbocycles. The maximum Gasteiger partial charge on any atom is 0.0202 e. The summed E-state index contributed by atoms with van der Waals surface area (Å²) in [6, 6.07) is 0. The summed E-state index contributed by atoms with van der Waals surface area (Å²) in [6.07, 6.45) is 24.6. The topological polar surface area (TPSA) is 0 Å². The third-order valence-electron chi connectivity index (χ3n) is 8.59. The molecule has 1 heteroatoms. The largest absolute Gasteiger partial charge is 0.314 e. The molecule has 4 aliphatic carbocycles. The second-order valence-corrected chi connectivity index (χ2v) is 10.4. The van der Waals surface area contributed by atoms with Crippen LogP contribution in [0, 0.1) is 59.7 Å². The molecule has 4 rings (SSSR count). The molecule has 0 bridgehead atoms. The Balaban J connectivity index is 0.00000210. The molecule has 1 radical (unpaired) electrons. The van der Waals surface area contributed by atoms with Crippen LogP contribution >= 0.6 is 0 Å². The Morgan fingerprint density at radius 1 is 0.593 bits per heavy atom. The van der Waals surface area contributed by atoms with Crippen molar-refractivity contribution in [3.8, 4) is 11.8 Å². The molecule has 0 aliphatic heterocycles. The van der Waals surface area contributed by atoms with Gasteiger partial charge in [-0.3, -0.25) is 0 Å². The molecule has 0 spiro atoms. The third-order valence-corrected chi connectivity index (χ3v) is 8.59. The van der Waals surface area contributed by atoms with E-state index >= 15 is 0 Å². The Labute approximate surface area is 194 Å². The average molecular weight is 443 g/mol. The van der Waals surface area contributed by atoms with Crippen molar-refractivity contribution in [2.24, 2.45) is 41.4 Å². The second kappa shape index (κ2) is 11.2. The first-order chi connectivity index (χ1) is 12.8. The van der Waals surface area contributed by atoms with Crippen LogP contribution in [-0.4, -0.2) is 0 Å². The first kappa shape index (κ1) is 22.4. The quantitative estimate of drug-likeness (QED) is 0.308. The Bertz CT molecular complexity index is 470. The predicted octanol–water partition coefficient (Wildman–Crippen LogP) is 7.43. The molecule has 27 heavy (non-hydrogen) atoms. The maximum atomic E-state index is 3.69. The van der Waals surface area contributed by atoms with Crippen molar-refractivity contribution in [2.75, 3.05) is 0 Å². The Morgan fingerprint density at radius 2 is 1.11 bits per heavy atom. The van der Waals surface area contributed by atoms with Crippen molar-refractivity contribution in [2.45, 2.75) is 103 Å². The van der Waals surface area contributed by atoms with E-state index in [-0.39, 0.29) is 32.7 Å². The number of hydrogen-bond donors (Lipinski definition) is 0. The van der Waals surface area contributed by atoms with Gasteiger partial charge in [-0.2, -0.15) is 6.42 Å². The molecule has 0 aromatic carbocycles. The normalized spacial score (nSPS) is 40.6. The average Bonchev–Trinajstić information content (AvgIpc) is 3.23. The molecular weight excluding hydrogens is 401 g/mol. The fourth-order valence-electron chi connectivity index (χ4n) is 6.70. The SMILES string of the molecule is CC1C[CH-]C(C#CC2CCC(C3CCC(C4CCCC4)CC3)CC2)CC1.[Y]. The van der Waals surface area contributed by atoms with Gasteiger partial charge < -0.3 is 6.42 Å². The van der Waals surface area contributed by atoms with Gasteiger partial charge in [0.05, 0.1) is 0 Å². The van der Waals surface area contributed by atoms with Gasteiger partial charge in [0.2, 0.25) is 0 Å². The summed E-state index contributed by atoms with van der Waals surface area (Å²) in [5, 5.41) is 0. The summed E-state index contributed by atoms with van der Waals surface area (Å²) in [5.41, 5.74) is 0. The van der Waals surface area contributed by atoms with Crippen LogP contribution in [0.1, 0.15) is 103 Å². The summed E-state index contributed by atoms with van der Waals surface area (Å²) in [7, 11) is 0. The van der Waals surface area contributed by atoms with Crippen molar-refractivity contribution in [1.29, 1.82) is 0 Å². The van der Waals surface area contributed by atoms with E-state index in [1.165, 1.54) is 57.8 Å². The predicted molar refractivity (Wildman–Crippen MR) is 111 cm³/mol. The van der Waals surface area contributed by atoms with E-state index in [2.05, 4.69) is 25.2 Å². The van der Waals surface area contributed by atoms with Crippen molar-refractivity contribution in [3.05, 3.63) is 6.42 Å². The van der Waals surface area contributed by atoms with Gasteiger partial charge in [0, 0.05) is 38.6 Å². The Morgan fingerprint density at radius 3 is 1.63 bits per heavy atom. The molecule has 4 aliphatic rings. The van der Waals surface area contributed by atoms with Gasteiger partial charge in [0.25, 0.3) is 0 Å². The van der Waals surface area contributed by atoms with Crippen LogP contribution in [0.4, 0.5) is 0 Å². The molecule has 4 fully saturated rings. The van der Waals surface area contributed by atoms with Crippen molar-refractivity contribution in [1.82, 2.24) is 0 Å². The molecule has 149 valence electrons. The second-order valence-electron chi connectivity index (χ2n) is 10.4. The van der Waals surface area contributed by atoms with Crippen LogP contribution in [0.15, 0.2) is 0 Å². The van der Waals surface area contributed by atoms with Crippen LogP contribution in [-0.2, 0) is 32.7 Å². The van der Waals surface area contributed by atoms with Crippen LogP contribution in [0.25, 0.3) is 0 Å². The molecule has 2 atom stereocenters. The summed E-state index contributed by atoms with van der Waals surface area (Å²) in [6.45, 7) is 2.38. The zero-order valence-corrected chi connectivity index (χ0v) is 20.6. The van der Waals surface area contributed by atoms with Crippen molar-refractivity contribution in [3.63, 3.8) is 0 Å². The summed E-state index contributed by atoms with van der Waals surface area (Å²) >= 11 is 0. The fraction of sp³-hybridized carbons (Fsp3) is 0.885. The van der Waals surface area contributed by atoms with Crippen LogP contribution < -0.4 is 0 Å². The van der Waals surface area contributed by atoms with Gasteiger partial charge in [-0.15, -0.1) is 17.8 Å². The summed E-state index contributed by atoms with van der Waals surface area (Å²) in [4.78, 5) is 0. The molecule has 0 aromatic rings. The molecule has 2 unspecified atom stereocenters. The minimum absolute atomic E-state index is 0. The maximum absolute atomic E-state index is 3.69. The van der Waals surface area contributed by atoms with E-state index in [9.17, 15) is 0 Å². The van der Waals surface area contributed by atoms with E-state index in [1.807, 2.05) is 0 Å². The van der Waals surface area contributed by atoms with E-state index in [0.717, 1.165) is 29.6 Å². The standard InChI is InChI=1S/C26H41.Y/c1-20-6-8-21(9-7-20)10-11-22-12-14-24(15-13-22)26-18-16-25(17-19-26)23-4-2-3-5-23;/h8,20-26H,2-7,9,12-19H2,1H3;/q-1;. The molecule has 0 amide bonds. The van der Waals surface area contributed by atoms with E-state index in [4.69, 9.17) is 0 Å². The monoisotopic (exact) mass is 442 g/mol. The van der Waals surface area contributed by atoms with Crippen LogP contribution in [0.5, 0.6) is 0 Å². The van der Waals surface area contributed by atoms with Gasteiger partial charge in [0.1, 0.15) is 0 Å². The Hall–Kier alpha value is 0.664. The number of rotatable bonds is 2. The van der Waals surface area contributed by atoms with Gasteiger partial charge in [-0.1, -0.05) is 51.4 Å². The molecule has 0 saturated heterocycles. The van der Waals surface area contributed by atoms with E-state index in [1.54, 1.807) is 38.5 Å². The fourth-order valence-corrected chi connectivity index (χ4v) is 6.70. The minimum Gasteiger partial charge on any atom is -0.314 e. The van der Waals surface area contributed by atoms with Gasteiger partial charge in [-0.05, 0) is 75.0 Å². The Kier molecular flexibility index (Phi) is 9.24. The van der Waals surface area contributed by atoms with Gasteiger partial charge in [0.15, 0.2) is 0 Å². The first-order valence-corrected chi connectivity index (χ1v) is 12.1. The van der Waals surface area contributed by atoms with E-state index < -0.39 is 0 Å². The zero-order chi connectivity index (χ0) is 17.8. The molecule has 0 nitrogen and oxygen atoms in total. The molecule has 0 N–H and O–H groups in total. The van der Waals surface area contributed by atoms with Crippen molar-refractivity contribution < 1.29 is 32.7 Å².